The van der Waals surface area contributed by atoms with Crippen molar-refractivity contribution < 1.29 is 17.4 Å². The Labute approximate surface area is 209 Å². The van der Waals surface area contributed by atoms with Crippen LogP contribution < -0.4 is 10.6 Å². The van der Waals surface area contributed by atoms with E-state index in [1.54, 1.807) is 6.07 Å². The minimum Gasteiger partial charge on any atom is -0.323 e. The predicted molar refractivity (Wildman–Crippen MR) is 130 cm³/mol. The number of thiophene rings is 1. The summed E-state index contributed by atoms with van der Waals surface area (Å²) >= 11 is 8.95. The number of fused-ring (bicyclic) bond motifs is 2. The van der Waals surface area contributed by atoms with Gasteiger partial charge in [0.15, 0.2) is 0 Å². The van der Waals surface area contributed by atoms with E-state index in [1.807, 2.05) is 24.1 Å². The van der Waals surface area contributed by atoms with Crippen molar-refractivity contribution in [3.05, 3.63) is 46.1 Å². The molecule has 0 saturated carbocycles. The molecule has 0 fully saturated rings. The highest BCUT2D eigenvalue weighted by atomic mass is 35.5. The summed E-state index contributed by atoms with van der Waals surface area (Å²) < 4.78 is 54.7. The summed E-state index contributed by atoms with van der Waals surface area (Å²) in [5.41, 5.74) is 1.56. The molecule has 0 amide bonds. The standard InChI is InChI=1S/C21H19ClF3N5OS3/c1-30-9-32-17-6-16(33-19(17)34(31)10-30)18-13(21(23,24)25)8-27-20(29-18)28-15-5-11-2-3-26-7-12(11)4-14(15)22/h4-6,8,26H,2-3,7,9-10H2,1H3,(H,27,28,29). The molecular formula is C21H19ClF3N5OS3. The first-order chi connectivity index (χ1) is 16.2. The van der Waals surface area contributed by atoms with Gasteiger partial charge in [-0.2, -0.15) is 13.2 Å². The van der Waals surface area contributed by atoms with Crippen molar-refractivity contribution in [3.8, 4) is 10.6 Å². The fraction of sp³-hybridized carbons (Fsp3) is 0.333. The summed E-state index contributed by atoms with van der Waals surface area (Å²) in [5, 5.41) is 6.70. The van der Waals surface area contributed by atoms with Crippen LogP contribution in [0, 0.1) is 0 Å². The minimum atomic E-state index is -4.64. The molecule has 1 unspecified atom stereocenters. The van der Waals surface area contributed by atoms with Crippen molar-refractivity contribution in [1.82, 2.24) is 20.2 Å². The van der Waals surface area contributed by atoms with E-state index in [0.29, 0.717) is 38.1 Å². The molecule has 6 nitrogen and oxygen atoms in total. The molecule has 0 radical (unpaired) electrons. The van der Waals surface area contributed by atoms with Gasteiger partial charge in [0.2, 0.25) is 5.95 Å². The minimum absolute atomic E-state index is 0.0101. The lowest BCUT2D eigenvalue weighted by Gasteiger charge is -2.19. The Morgan fingerprint density at radius 3 is 2.88 bits per heavy atom. The fourth-order valence-corrected chi connectivity index (χ4v) is 8.20. The van der Waals surface area contributed by atoms with Gasteiger partial charge in [-0.05, 0) is 49.3 Å². The van der Waals surface area contributed by atoms with Crippen LogP contribution in [0.1, 0.15) is 16.7 Å². The zero-order valence-corrected chi connectivity index (χ0v) is 21.0. The number of aromatic nitrogens is 2. The molecule has 1 aromatic carbocycles. The van der Waals surface area contributed by atoms with Gasteiger partial charge in [0.25, 0.3) is 0 Å². The molecule has 180 valence electrons. The normalized spacial score (nSPS) is 18.8. The fourth-order valence-electron chi connectivity index (χ4n) is 3.77. The Balaban J connectivity index is 1.54. The Morgan fingerprint density at radius 1 is 1.26 bits per heavy atom. The lowest BCUT2D eigenvalue weighted by molar-refractivity contribution is -0.137. The summed E-state index contributed by atoms with van der Waals surface area (Å²) in [5.74, 6) is 0.940. The summed E-state index contributed by atoms with van der Waals surface area (Å²) in [6, 6.07) is 5.38. The number of alkyl halides is 3. The summed E-state index contributed by atoms with van der Waals surface area (Å²) in [4.78, 5) is 11.1. The van der Waals surface area contributed by atoms with Gasteiger partial charge in [0.05, 0.1) is 38.0 Å². The van der Waals surface area contributed by atoms with Crippen molar-refractivity contribution >= 4 is 57.1 Å². The number of thioether (sulfide) groups is 1. The maximum atomic E-state index is 13.8. The second kappa shape index (κ2) is 9.40. The van der Waals surface area contributed by atoms with Crippen molar-refractivity contribution in [1.29, 1.82) is 0 Å². The largest absolute Gasteiger partial charge is 0.420 e. The first kappa shape index (κ1) is 24.0. The second-order valence-electron chi connectivity index (χ2n) is 7.97. The average molecular weight is 546 g/mol. The average Bonchev–Trinajstić information content (AvgIpc) is 3.16. The van der Waals surface area contributed by atoms with Crippen LogP contribution in [0.2, 0.25) is 5.02 Å². The number of anilines is 2. The Morgan fingerprint density at radius 2 is 2.09 bits per heavy atom. The SMILES string of the molecule is CN1CSc2cc(-c3nc(Nc4cc5c(cc4Cl)CNCC5)ncc3C(F)(F)F)sc2S(=O)C1. The maximum absolute atomic E-state index is 13.8. The van der Waals surface area contributed by atoms with E-state index in [4.69, 9.17) is 11.6 Å². The molecule has 4 heterocycles. The number of nitrogens with zero attached hydrogens (tertiary/aromatic N) is 3. The van der Waals surface area contributed by atoms with Crippen LogP contribution >= 0.6 is 34.7 Å². The quantitative estimate of drug-likeness (QED) is 0.461. The van der Waals surface area contributed by atoms with Crippen LogP contribution in [0.4, 0.5) is 24.8 Å². The number of hydrogen-bond donors (Lipinski definition) is 2. The van der Waals surface area contributed by atoms with Crippen LogP contribution in [-0.4, -0.2) is 44.4 Å². The van der Waals surface area contributed by atoms with Gasteiger partial charge in [-0.1, -0.05) is 11.6 Å². The van der Waals surface area contributed by atoms with E-state index >= 15 is 0 Å². The molecule has 0 bridgehead atoms. The first-order valence-corrected chi connectivity index (χ1v) is 13.8. The van der Waals surface area contributed by atoms with E-state index in [9.17, 15) is 17.4 Å². The number of nitrogens with one attached hydrogen (secondary N) is 2. The smallest absolute Gasteiger partial charge is 0.323 e. The summed E-state index contributed by atoms with van der Waals surface area (Å²) in [6.07, 6.45) is -3.03. The van der Waals surface area contributed by atoms with Crippen molar-refractivity contribution in [3.63, 3.8) is 0 Å². The van der Waals surface area contributed by atoms with Crippen LogP contribution in [0.25, 0.3) is 10.6 Å². The van der Waals surface area contributed by atoms with Gasteiger partial charge in [0.1, 0.15) is 9.77 Å². The molecule has 0 saturated heterocycles. The highest BCUT2D eigenvalue weighted by Gasteiger charge is 2.36. The number of hydrogen-bond acceptors (Lipinski definition) is 8. The number of halogens is 4. The van der Waals surface area contributed by atoms with Crippen LogP contribution in [0.15, 0.2) is 33.5 Å². The van der Waals surface area contributed by atoms with Crippen LogP contribution in [0.5, 0.6) is 0 Å². The van der Waals surface area contributed by atoms with E-state index < -0.39 is 22.5 Å². The van der Waals surface area contributed by atoms with E-state index in [1.165, 1.54) is 11.8 Å². The molecule has 0 spiro atoms. The molecule has 13 heteroatoms. The van der Waals surface area contributed by atoms with Gasteiger partial charge < -0.3 is 10.6 Å². The van der Waals surface area contributed by atoms with Crippen molar-refractivity contribution in [2.45, 2.75) is 28.2 Å². The monoisotopic (exact) mass is 545 g/mol. The molecular weight excluding hydrogens is 527 g/mol. The van der Waals surface area contributed by atoms with E-state index in [2.05, 4.69) is 20.6 Å². The highest BCUT2D eigenvalue weighted by molar-refractivity contribution is 8.00. The van der Waals surface area contributed by atoms with Crippen molar-refractivity contribution in [2.75, 3.05) is 30.7 Å². The Bertz CT molecular complexity index is 1280. The van der Waals surface area contributed by atoms with E-state index in [-0.39, 0.29) is 11.6 Å². The van der Waals surface area contributed by atoms with Gasteiger partial charge in [-0.25, -0.2) is 9.97 Å². The van der Waals surface area contributed by atoms with Gasteiger partial charge in [-0.15, -0.1) is 23.1 Å². The molecule has 1 atom stereocenters. The molecule has 2 aliphatic rings. The van der Waals surface area contributed by atoms with Crippen LogP contribution in [0.3, 0.4) is 0 Å². The third-order valence-corrected chi connectivity index (χ3v) is 10.2. The van der Waals surface area contributed by atoms with Crippen LogP contribution in [-0.2, 0) is 29.9 Å². The summed E-state index contributed by atoms with van der Waals surface area (Å²) in [7, 11) is 0.532. The van der Waals surface area contributed by atoms with Crippen molar-refractivity contribution in [2.24, 2.45) is 0 Å². The number of benzene rings is 1. The predicted octanol–water partition coefficient (Wildman–Crippen LogP) is 5.33. The van der Waals surface area contributed by atoms with Gasteiger partial charge >= 0.3 is 6.18 Å². The summed E-state index contributed by atoms with van der Waals surface area (Å²) in [6.45, 7) is 1.56. The first-order valence-electron chi connectivity index (χ1n) is 10.3. The zero-order valence-electron chi connectivity index (χ0n) is 17.8. The zero-order chi connectivity index (χ0) is 24.0. The molecule has 34 heavy (non-hydrogen) atoms. The Hall–Kier alpha value is -1.70. The van der Waals surface area contributed by atoms with Gasteiger partial charge in [0, 0.05) is 23.5 Å². The van der Waals surface area contributed by atoms with Gasteiger partial charge in [-0.3, -0.25) is 9.11 Å². The molecule has 2 N–H and O–H groups in total. The highest BCUT2D eigenvalue weighted by Crippen LogP contribution is 2.44. The second-order valence-corrected chi connectivity index (χ2v) is 12.0. The molecule has 2 aliphatic heterocycles. The lowest BCUT2D eigenvalue weighted by atomic mass is 10.0. The molecule has 5 rings (SSSR count). The van der Waals surface area contributed by atoms with E-state index in [0.717, 1.165) is 46.5 Å². The Kier molecular flexibility index (Phi) is 6.64. The molecule has 3 aromatic rings. The lowest BCUT2D eigenvalue weighted by Crippen LogP contribution is -2.23. The number of rotatable bonds is 3. The molecule has 0 aliphatic carbocycles. The molecule has 2 aromatic heterocycles. The third kappa shape index (κ3) is 4.84. The topological polar surface area (TPSA) is 70.2 Å². The third-order valence-electron chi connectivity index (χ3n) is 5.40. The maximum Gasteiger partial charge on any atom is 0.420 e.